The standard InChI is InChI=1S/C19H16ClF2NO5S.C19H14ClF2NO4S.C4H9O.K/c20-11-1-3-12(4-2-11)29(25,26)19-13(16(9-23)27-8-7-24)10-28-18-15(22)6-5-14(21)17(18)19;20-11-1-3-12(4-2-11)28(24,25)19-7-8-26-16(9-23)13(19)10-27-18-15(22)6-5-14(21)17(18)19;1-4(2,3)5;/h1-6,13,16,19,24H,7-8,10H2;1-6,13,16H,7-8,10H2;1-3H3;/q;;-1;+1/t13-,16+,19-;13-,16-,19-;;/m00../s1. The minimum atomic E-state index is -4.30. The van der Waals surface area contributed by atoms with Crippen molar-refractivity contribution < 1.29 is 115 Å². The monoisotopic (exact) mass is 980 g/mol. The molecule has 0 radical (unpaired) electrons. The summed E-state index contributed by atoms with van der Waals surface area (Å²) in [4.78, 5) is -0.274. The molecule has 0 spiro atoms. The van der Waals surface area contributed by atoms with E-state index in [-0.39, 0.29) is 93.0 Å². The van der Waals surface area contributed by atoms with E-state index in [0.717, 1.165) is 24.3 Å². The van der Waals surface area contributed by atoms with Gasteiger partial charge in [-0.15, -0.1) is 5.60 Å². The Morgan fingerprint density at radius 2 is 1.35 bits per heavy atom. The Morgan fingerprint density at radius 3 is 1.89 bits per heavy atom. The molecule has 12 nitrogen and oxygen atoms in total. The zero-order valence-corrected chi connectivity index (χ0v) is 40.4. The number of hydrogen-bond donors (Lipinski definition) is 1. The van der Waals surface area contributed by atoms with E-state index < -0.39 is 113 Å². The second-order valence-electron chi connectivity index (χ2n) is 15.1. The number of fused-ring (bicyclic) bond motifs is 4. The maximum atomic E-state index is 15.0. The van der Waals surface area contributed by atoms with Crippen LogP contribution in [0, 0.1) is 57.8 Å². The van der Waals surface area contributed by atoms with Gasteiger partial charge in [0.25, 0.3) is 0 Å². The predicted molar refractivity (Wildman–Crippen MR) is 215 cm³/mol. The van der Waals surface area contributed by atoms with Gasteiger partial charge in [0.2, 0.25) is 0 Å². The molecule has 3 heterocycles. The molecule has 7 rings (SSSR count). The molecule has 4 aromatic rings. The summed E-state index contributed by atoms with van der Waals surface area (Å²) in [6, 6.07) is 17.8. The van der Waals surface area contributed by atoms with Crippen molar-refractivity contribution in [3.05, 3.63) is 117 Å². The molecule has 0 bridgehead atoms. The van der Waals surface area contributed by atoms with Crippen LogP contribution < -0.4 is 66.0 Å². The normalized spacial score (nSPS) is 21.8. The average Bonchev–Trinajstić information content (AvgIpc) is 3.23. The first-order valence-electron chi connectivity index (χ1n) is 18.7. The largest absolute Gasteiger partial charge is 1.00 e. The summed E-state index contributed by atoms with van der Waals surface area (Å²) in [5, 5.41) is 37.0. The molecular formula is C42H39Cl2F4KN2O10S2. The van der Waals surface area contributed by atoms with Crippen LogP contribution in [0.3, 0.4) is 0 Å². The Balaban J connectivity index is 0.000000246. The topological polar surface area (TPSA) is 196 Å². The van der Waals surface area contributed by atoms with E-state index in [9.17, 15) is 50.0 Å². The number of hydrogen-bond acceptors (Lipinski definition) is 12. The molecule has 0 aromatic heterocycles. The molecule has 4 aromatic carbocycles. The zero-order valence-electron chi connectivity index (χ0n) is 34.2. The summed E-state index contributed by atoms with van der Waals surface area (Å²) >= 11 is 11.7. The van der Waals surface area contributed by atoms with Crippen LogP contribution in [-0.2, 0) is 33.9 Å². The summed E-state index contributed by atoms with van der Waals surface area (Å²) in [5.41, 5.74) is -1.63. The van der Waals surface area contributed by atoms with Gasteiger partial charge in [-0.05, 0) is 79.2 Å². The third-order valence-corrected chi connectivity index (χ3v) is 15.2. The quantitative estimate of drug-likeness (QED) is 0.199. The molecule has 3 aliphatic rings. The first-order chi connectivity index (χ1) is 29.1. The molecule has 1 N–H and O–H groups in total. The number of aliphatic hydroxyl groups excluding tert-OH is 1. The zero-order chi connectivity index (χ0) is 45.8. The van der Waals surface area contributed by atoms with Crippen molar-refractivity contribution in [3.63, 3.8) is 0 Å². The fourth-order valence-corrected chi connectivity index (χ4v) is 11.9. The van der Waals surface area contributed by atoms with Gasteiger partial charge in [0, 0.05) is 10.0 Å². The summed E-state index contributed by atoms with van der Waals surface area (Å²) in [5.74, 6) is -6.81. The molecule has 0 unspecified atom stereocenters. The number of sulfone groups is 2. The molecule has 0 aliphatic carbocycles. The fourth-order valence-electron chi connectivity index (χ4n) is 7.36. The second-order valence-corrected chi connectivity index (χ2v) is 20.2. The first-order valence-corrected chi connectivity index (χ1v) is 22.5. The number of halogens is 6. The summed E-state index contributed by atoms with van der Waals surface area (Å²) in [6.45, 7) is 3.47. The molecule has 0 amide bonds. The second kappa shape index (κ2) is 21.6. The summed E-state index contributed by atoms with van der Waals surface area (Å²) in [6.07, 6.45) is -2.63. The van der Waals surface area contributed by atoms with Gasteiger partial charge < -0.3 is 29.2 Å². The number of nitriles is 2. The number of rotatable bonds is 8. The van der Waals surface area contributed by atoms with Crippen LogP contribution in [0.5, 0.6) is 11.5 Å². The number of aliphatic hydroxyl groups is 1. The van der Waals surface area contributed by atoms with Crippen molar-refractivity contribution in [2.24, 2.45) is 11.8 Å². The van der Waals surface area contributed by atoms with Crippen LogP contribution in [-0.4, -0.2) is 72.8 Å². The van der Waals surface area contributed by atoms with E-state index in [1.54, 1.807) is 20.8 Å². The maximum Gasteiger partial charge on any atom is 1.00 e. The summed E-state index contributed by atoms with van der Waals surface area (Å²) in [7, 11) is -8.57. The molecular weight excluding hydrogens is 943 g/mol. The van der Waals surface area contributed by atoms with Crippen LogP contribution in [0.25, 0.3) is 0 Å². The Labute approximate surface area is 414 Å². The molecule has 21 heteroatoms. The van der Waals surface area contributed by atoms with Crippen LogP contribution in [0.15, 0.2) is 82.6 Å². The molecule has 0 saturated carbocycles. The molecule has 3 aliphatic heterocycles. The van der Waals surface area contributed by atoms with E-state index >= 15 is 0 Å². The minimum absolute atomic E-state index is 0. The molecule has 1 saturated heterocycles. The number of benzene rings is 4. The molecule has 63 heavy (non-hydrogen) atoms. The smallest absolute Gasteiger partial charge is 0.850 e. The van der Waals surface area contributed by atoms with Crippen LogP contribution in [0.4, 0.5) is 17.6 Å². The van der Waals surface area contributed by atoms with Gasteiger partial charge in [-0.1, -0.05) is 44.0 Å². The van der Waals surface area contributed by atoms with Crippen LogP contribution in [0.2, 0.25) is 10.0 Å². The van der Waals surface area contributed by atoms with Crippen molar-refractivity contribution in [1.82, 2.24) is 0 Å². The minimum Gasteiger partial charge on any atom is -0.850 e. The van der Waals surface area contributed by atoms with Crippen LogP contribution >= 0.6 is 23.2 Å². The SMILES string of the molecule is CC(C)(C)[O-].N#C[C@@H](OCCO)[C@@H]1COc2c(F)ccc(F)c2[C@H]1S(=O)(=O)c1ccc(Cl)cc1.N#C[C@@H]1OCC[C@@]2(S(=O)(=O)c3ccc(Cl)cc3)c3c(F)ccc(F)c3OC[C@@H]12.[K+]. The van der Waals surface area contributed by atoms with Crippen molar-refractivity contribution >= 4 is 42.9 Å². The Hall–Kier alpha value is -2.86. The predicted octanol–water partition coefficient (Wildman–Crippen LogP) is 3.80. The third kappa shape index (κ3) is 11.2. The van der Waals surface area contributed by atoms with Crippen molar-refractivity contribution in [1.29, 1.82) is 10.5 Å². The van der Waals surface area contributed by atoms with Gasteiger partial charge in [-0.25, -0.2) is 34.4 Å². The Kier molecular flexibility index (Phi) is 18.1. The summed E-state index contributed by atoms with van der Waals surface area (Å²) < 4.78 is 132. The molecule has 1 fully saturated rings. The Bertz CT molecular complexity index is 2570. The van der Waals surface area contributed by atoms with Crippen LogP contribution in [0.1, 0.15) is 43.6 Å². The van der Waals surface area contributed by atoms with E-state index in [0.29, 0.717) is 10.0 Å². The number of ether oxygens (including phenoxy) is 4. The Morgan fingerprint density at radius 1 is 0.841 bits per heavy atom. The first kappa shape index (κ1) is 52.8. The van der Waals surface area contributed by atoms with E-state index in [1.807, 2.05) is 12.1 Å². The van der Waals surface area contributed by atoms with Gasteiger partial charge in [0.1, 0.15) is 21.6 Å². The maximum absolute atomic E-state index is 15.0. The van der Waals surface area contributed by atoms with Gasteiger partial charge in [0.15, 0.2) is 55.0 Å². The van der Waals surface area contributed by atoms with E-state index in [4.69, 9.17) is 47.3 Å². The number of nitrogens with zero attached hydrogens (tertiary/aromatic N) is 2. The van der Waals surface area contributed by atoms with Crippen molar-refractivity contribution in [3.8, 4) is 23.6 Å². The van der Waals surface area contributed by atoms with E-state index in [1.165, 1.54) is 48.5 Å². The fraction of sp³-hybridized carbons (Fsp3) is 0.381. The average molecular weight is 982 g/mol. The van der Waals surface area contributed by atoms with Crippen molar-refractivity contribution in [2.45, 2.75) is 64.8 Å². The van der Waals surface area contributed by atoms with Gasteiger partial charge >= 0.3 is 51.4 Å². The third-order valence-electron chi connectivity index (χ3n) is 9.92. The van der Waals surface area contributed by atoms with Crippen molar-refractivity contribution in [2.75, 3.05) is 33.0 Å². The van der Waals surface area contributed by atoms with E-state index in [2.05, 4.69) is 0 Å². The molecule has 332 valence electrons. The molecule has 6 atom stereocenters. The van der Waals surface area contributed by atoms with Gasteiger partial charge in [-0.3, -0.25) is 0 Å². The van der Waals surface area contributed by atoms with Gasteiger partial charge in [0.05, 0.1) is 77.9 Å². The van der Waals surface area contributed by atoms with Gasteiger partial charge in [-0.2, -0.15) is 10.5 Å².